The van der Waals surface area contributed by atoms with Gasteiger partial charge in [-0.2, -0.15) is 0 Å². The van der Waals surface area contributed by atoms with Crippen LogP contribution >= 0.6 is 0 Å². The van der Waals surface area contributed by atoms with Gasteiger partial charge in [-0.3, -0.25) is 24.6 Å². The van der Waals surface area contributed by atoms with Gasteiger partial charge >= 0.3 is 6.03 Å². The summed E-state index contributed by atoms with van der Waals surface area (Å²) >= 11 is 0. The summed E-state index contributed by atoms with van der Waals surface area (Å²) in [5.74, 6) is -0.341. The molecule has 0 bridgehead atoms. The van der Waals surface area contributed by atoms with Crippen LogP contribution in [0.5, 0.6) is 0 Å². The number of carbonyl (C=O) groups is 4. The molecule has 8 heteroatoms. The number of nitrogens with zero attached hydrogens (tertiary/aromatic N) is 3. The molecule has 4 rings (SSSR count). The van der Waals surface area contributed by atoms with Crippen LogP contribution < -0.4 is 10.2 Å². The van der Waals surface area contributed by atoms with Crippen molar-refractivity contribution in [2.45, 2.75) is 12.8 Å². The third-order valence-corrected chi connectivity index (χ3v) is 5.74. The number of piperidine rings is 1. The minimum atomic E-state index is -0.515. The number of urea groups is 1. The van der Waals surface area contributed by atoms with E-state index in [1.54, 1.807) is 41.1 Å². The van der Waals surface area contributed by atoms with Gasteiger partial charge in [0, 0.05) is 39.6 Å². The van der Waals surface area contributed by atoms with Gasteiger partial charge in [0.25, 0.3) is 5.91 Å². The molecule has 0 spiro atoms. The fourth-order valence-electron chi connectivity index (χ4n) is 4.22. The normalized spacial score (nSPS) is 25.5. The number of fused-ring (bicyclic) bond motifs is 1. The molecule has 3 heterocycles. The Bertz CT molecular complexity index is 824. The van der Waals surface area contributed by atoms with Crippen LogP contribution in [0.2, 0.25) is 0 Å². The molecule has 3 fully saturated rings. The number of benzene rings is 1. The first-order chi connectivity index (χ1) is 13.0. The lowest BCUT2D eigenvalue weighted by Crippen LogP contribution is -2.50. The molecule has 3 aliphatic rings. The van der Waals surface area contributed by atoms with E-state index in [1.807, 2.05) is 0 Å². The van der Waals surface area contributed by atoms with Crippen molar-refractivity contribution in [3.05, 3.63) is 29.8 Å². The van der Waals surface area contributed by atoms with Crippen LogP contribution in [0.4, 0.5) is 10.5 Å². The van der Waals surface area contributed by atoms with E-state index in [9.17, 15) is 19.2 Å². The first kappa shape index (κ1) is 17.5. The lowest BCUT2D eigenvalue weighted by molar-refractivity contribution is -0.137. The Labute approximate surface area is 157 Å². The molecule has 8 nitrogen and oxygen atoms in total. The second kappa shape index (κ2) is 6.68. The predicted octanol–water partition coefficient (Wildman–Crippen LogP) is 0.683. The number of nitrogens with one attached hydrogen (secondary N) is 1. The molecule has 0 aliphatic carbocycles. The number of rotatable bonds is 2. The lowest BCUT2D eigenvalue weighted by Gasteiger charge is -2.30. The third-order valence-electron chi connectivity index (χ3n) is 5.74. The van der Waals surface area contributed by atoms with Gasteiger partial charge in [-0.05, 0) is 24.5 Å². The van der Waals surface area contributed by atoms with Gasteiger partial charge in [0.15, 0.2) is 0 Å². The number of para-hydroxylation sites is 1. The summed E-state index contributed by atoms with van der Waals surface area (Å²) in [6.07, 6.45) is 1.10. The van der Waals surface area contributed by atoms with Crippen LogP contribution in [0.25, 0.3) is 0 Å². The predicted molar refractivity (Wildman–Crippen MR) is 97.1 cm³/mol. The number of anilines is 1. The minimum Gasteiger partial charge on any atom is -0.345 e. The van der Waals surface area contributed by atoms with Crippen molar-refractivity contribution in [1.29, 1.82) is 0 Å². The standard InChI is InChI=1S/C19H22N4O4/c1-21-8-6-12-10-22(11-14(12)17(21)25)18(26)13-4-2-3-5-15(13)23-9-7-16(24)20-19(23)27/h2-5,12,14H,6-11H2,1H3,(H,20,24,27)/t12-,14+/m1/s1. The number of carbonyl (C=O) groups excluding carboxylic acids is 4. The summed E-state index contributed by atoms with van der Waals surface area (Å²) in [4.78, 5) is 54.1. The van der Waals surface area contributed by atoms with Gasteiger partial charge in [0.2, 0.25) is 11.8 Å². The molecular weight excluding hydrogens is 348 g/mol. The van der Waals surface area contributed by atoms with E-state index in [1.165, 1.54) is 4.90 Å². The van der Waals surface area contributed by atoms with Crippen molar-refractivity contribution in [2.24, 2.45) is 11.8 Å². The quantitative estimate of drug-likeness (QED) is 0.829. The fourth-order valence-corrected chi connectivity index (χ4v) is 4.22. The number of hydrogen-bond donors (Lipinski definition) is 1. The highest BCUT2D eigenvalue weighted by atomic mass is 16.2. The van der Waals surface area contributed by atoms with Gasteiger partial charge in [-0.1, -0.05) is 12.1 Å². The Morgan fingerprint density at radius 2 is 1.89 bits per heavy atom. The minimum absolute atomic E-state index is 0.101. The third kappa shape index (κ3) is 3.05. The molecule has 2 atom stereocenters. The number of hydrogen-bond acceptors (Lipinski definition) is 4. The van der Waals surface area contributed by atoms with Crippen molar-refractivity contribution in [2.75, 3.05) is 38.1 Å². The van der Waals surface area contributed by atoms with Crippen molar-refractivity contribution >= 4 is 29.4 Å². The molecule has 1 aromatic rings. The van der Waals surface area contributed by atoms with Gasteiger partial charge in [0.1, 0.15) is 0 Å². The Balaban J connectivity index is 1.58. The summed E-state index contributed by atoms with van der Waals surface area (Å²) < 4.78 is 0. The van der Waals surface area contributed by atoms with Gasteiger partial charge < -0.3 is 9.80 Å². The van der Waals surface area contributed by atoms with Gasteiger partial charge in [-0.15, -0.1) is 0 Å². The van der Waals surface area contributed by atoms with E-state index in [0.717, 1.165) is 13.0 Å². The zero-order valence-electron chi connectivity index (χ0n) is 15.2. The van der Waals surface area contributed by atoms with Crippen LogP contribution in [0.15, 0.2) is 24.3 Å². The Morgan fingerprint density at radius 3 is 2.67 bits per heavy atom. The molecular formula is C19H22N4O4. The number of imide groups is 1. The van der Waals surface area contributed by atoms with Crippen molar-refractivity contribution < 1.29 is 19.2 Å². The summed E-state index contributed by atoms with van der Waals surface area (Å²) in [7, 11) is 1.80. The SMILES string of the molecule is CN1CC[C@@H]2CN(C(=O)c3ccccc3N3CCC(=O)NC3=O)C[C@@H]2C1=O. The maximum absolute atomic E-state index is 13.2. The zero-order valence-corrected chi connectivity index (χ0v) is 15.2. The van der Waals surface area contributed by atoms with E-state index in [4.69, 9.17) is 0 Å². The smallest absolute Gasteiger partial charge is 0.328 e. The Kier molecular flexibility index (Phi) is 4.33. The average Bonchev–Trinajstić information content (AvgIpc) is 3.09. The van der Waals surface area contributed by atoms with E-state index in [0.29, 0.717) is 24.3 Å². The highest BCUT2D eigenvalue weighted by Gasteiger charge is 2.43. The van der Waals surface area contributed by atoms with E-state index >= 15 is 0 Å². The maximum Gasteiger partial charge on any atom is 0.328 e. The summed E-state index contributed by atoms with van der Waals surface area (Å²) in [6, 6.07) is 6.41. The van der Waals surface area contributed by atoms with Crippen LogP contribution in [0.1, 0.15) is 23.2 Å². The summed E-state index contributed by atoms with van der Waals surface area (Å²) in [6.45, 7) is 1.93. The average molecular weight is 370 g/mol. The molecule has 0 unspecified atom stereocenters. The van der Waals surface area contributed by atoms with Crippen LogP contribution in [-0.4, -0.2) is 66.8 Å². The topological polar surface area (TPSA) is 90.0 Å². The van der Waals surface area contributed by atoms with Crippen LogP contribution in [-0.2, 0) is 9.59 Å². The molecule has 0 radical (unpaired) electrons. The molecule has 1 N–H and O–H groups in total. The molecule has 142 valence electrons. The second-order valence-electron chi connectivity index (χ2n) is 7.40. The van der Waals surface area contributed by atoms with Crippen LogP contribution in [0.3, 0.4) is 0 Å². The zero-order chi connectivity index (χ0) is 19.1. The van der Waals surface area contributed by atoms with E-state index in [2.05, 4.69) is 5.32 Å². The monoisotopic (exact) mass is 370 g/mol. The maximum atomic E-state index is 13.2. The van der Waals surface area contributed by atoms with Gasteiger partial charge in [-0.25, -0.2) is 4.79 Å². The van der Waals surface area contributed by atoms with Crippen molar-refractivity contribution in [1.82, 2.24) is 15.1 Å². The van der Waals surface area contributed by atoms with E-state index in [-0.39, 0.29) is 42.5 Å². The first-order valence-electron chi connectivity index (χ1n) is 9.20. The molecule has 27 heavy (non-hydrogen) atoms. The largest absolute Gasteiger partial charge is 0.345 e. The molecule has 1 aromatic carbocycles. The second-order valence-corrected chi connectivity index (χ2v) is 7.40. The molecule has 3 aliphatic heterocycles. The molecule has 3 saturated heterocycles. The Hall–Kier alpha value is -2.90. The molecule has 0 aromatic heterocycles. The summed E-state index contributed by atoms with van der Waals surface area (Å²) in [5, 5.41) is 2.29. The molecule has 5 amide bonds. The highest BCUT2D eigenvalue weighted by Crippen LogP contribution is 2.33. The first-order valence-corrected chi connectivity index (χ1v) is 9.20. The van der Waals surface area contributed by atoms with E-state index < -0.39 is 6.03 Å². The van der Waals surface area contributed by atoms with Crippen LogP contribution in [0, 0.1) is 11.8 Å². The van der Waals surface area contributed by atoms with Crippen molar-refractivity contribution in [3.63, 3.8) is 0 Å². The number of amides is 5. The van der Waals surface area contributed by atoms with Crippen molar-refractivity contribution in [3.8, 4) is 0 Å². The fraction of sp³-hybridized carbons (Fsp3) is 0.474. The molecule has 0 saturated carbocycles. The van der Waals surface area contributed by atoms with Gasteiger partial charge in [0.05, 0.1) is 17.2 Å². The summed E-state index contributed by atoms with van der Waals surface area (Å²) in [5.41, 5.74) is 0.910. The number of likely N-dealkylation sites (tertiary alicyclic amines) is 2. The lowest BCUT2D eigenvalue weighted by atomic mass is 9.88. The highest BCUT2D eigenvalue weighted by molar-refractivity contribution is 6.09. The Morgan fingerprint density at radius 1 is 1.11 bits per heavy atom.